The Morgan fingerprint density at radius 1 is 1.29 bits per heavy atom. The number of carbonyl (C=O) groups excluding carboxylic acids is 2. The summed E-state index contributed by atoms with van der Waals surface area (Å²) in [5.41, 5.74) is -0.542. The van der Waals surface area contributed by atoms with Gasteiger partial charge in [-0.05, 0) is 31.2 Å². The first-order chi connectivity index (χ1) is 8.12. The average Bonchev–Trinajstić information content (AvgIpc) is 2.34. The number of rotatable bonds is 2. The van der Waals surface area contributed by atoms with E-state index in [1.807, 2.05) is 6.07 Å². The second-order valence-electron chi connectivity index (χ2n) is 3.98. The summed E-state index contributed by atoms with van der Waals surface area (Å²) >= 11 is 0. The largest absolute Gasteiger partial charge is 0.335 e. The highest BCUT2D eigenvalue weighted by Crippen LogP contribution is 2.13. The van der Waals surface area contributed by atoms with Gasteiger partial charge in [0.1, 0.15) is 5.54 Å². The van der Waals surface area contributed by atoms with Crippen molar-refractivity contribution in [3.63, 3.8) is 0 Å². The Labute approximate surface area is 99.8 Å². The van der Waals surface area contributed by atoms with E-state index in [9.17, 15) is 9.59 Å². The highest BCUT2D eigenvalue weighted by atomic mass is 16.2. The van der Waals surface area contributed by atoms with Crippen molar-refractivity contribution in [3.05, 3.63) is 60.2 Å². The van der Waals surface area contributed by atoms with Crippen LogP contribution in [-0.2, 0) is 4.79 Å². The van der Waals surface area contributed by atoms with Crippen molar-refractivity contribution in [2.24, 2.45) is 0 Å². The third kappa shape index (κ3) is 2.33. The summed E-state index contributed by atoms with van der Waals surface area (Å²) in [5, 5.41) is 2.68. The van der Waals surface area contributed by atoms with Gasteiger partial charge in [0.2, 0.25) is 0 Å². The summed E-state index contributed by atoms with van der Waals surface area (Å²) in [6.07, 6.45) is 7.53. The molecule has 1 aromatic carbocycles. The number of carbonyl (C=O) groups is 2. The molecule has 2 rings (SSSR count). The second kappa shape index (κ2) is 4.37. The molecule has 17 heavy (non-hydrogen) atoms. The molecule has 1 aliphatic carbocycles. The van der Waals surface area contributed by atoms with E-state index in [0.29, 0.717) is 5.56 Å². The summed E-state index contributed by atoms with van der Waals surface area (Å²) in [6.45, 7) is 1.64. The third-order valence-corrected chi connectivity index (χ3v) is 2.61. The topological polar surface area (TPSA) is 46.2 Å². The van der Waals surface area contributed by atoms with Gasteiger partial charge in [0.05, 0.1) is 0 Å². The zero-order valence-corrected chi connectivity index (χ0v) is 9.44. The molecule has 3 heteroatoms. The lowest BCUT2D eigenvalue weighted by Gasteiger charge is -2.25. The van der Waals surface area contributed by atoms with Crippen LogP contribution in [0.3, 0.4) is 0 Å². The normalized spacial score (nSPS) is 22.5. The van der Waals surface area contributed by atoms with Gasteiger partial charge in [-0.1, -0.05) is 30.4 Å². The van der Waals surface area contributed by atoms with Crippen molar-refractivity contribution in [2.75, 3.05) is 0 Å². The molecule has 0 bridgehead atoms. The molecule has 1 atom stereocenters. The van der Waals surface area contributed by atoms with Crippen molar-refractivity contribution in [1.29, 1.82) is 0 Å². The smallest absolute Gasteiger partial charge is 0.252 e. The monoisotopic (exact) mass is 226 g/mol. The molecule has 0 spiro atoms. The van der Waals surface area contributed by atoms with Gasteiger partial charge in [-0.3, -0.25) is 9.59 Å². The van der Waals surface area contributed by atoms with Crippen LogP contribution in [0.5, 0.6) is 0 Å². The number of ketones is 1. The molecule has 1 aromatic rings. The predicted octanol–water partition coefficient (Wildman–Crippen LogP) is 1.67. The Hall–Kier alpha value is -2.16. The van der Waals surface area contributed by atoms with E-state index in [1.54, 1.807) is 43.3 Å². The number of nitrogens with one attached hydrogen (secondary N) is 1. The summed E-state index contributed by atoms with van der Waals surface area (Å²) in [7, 11) is 0. The van der Waals surface area contributed by atoms with Gasteiger partial charge in [-0.25, -0.2) is 0 Å². The fourth-order valence-electron chi connectivity index (χ4n) is 1.57. The quantitative estimate of drug-likeness (QED) is 0.833. The molecule has 0 aromatic heterocycles. The Morgan fingerprint density at radius 3 is 2.65 bits per heavy atom. The minimum atomic E-state index is -1.07. The van der Waals surface area contributed by atoms with E-state index in [4.69, 9.17) is 0 Å². The zero-order chi connectivity index (χ0) is 12.3. The highest BCUT2D eigenvalue weighted by Gasteiger charge is 2.32. The van der Waals surface area contributed by atoms with Crippen molar-refractivity contribution in [2.45, 2.75) is 12.5 Å². The molecule has 0 saturated heterocycles. The molecule has 1 radical (unpaired) electrons. The summed E-state index contributed by atoms with van der Waals surface area (Å²) < 4.78 is 0. The van der Waals surface area contributed by atoms with Crippen molar-refractivity contribution in [1.82, 2.24) is 5.32 Å². The first kappa shape index (κ1) is 11.3. The number of benzene rings is 1. The summed E-state index contributed by atoms with van der Waals surface area (Å²) in [5.74, 6) is -0.457. The van der Waals surface area contributed by atoms with Gasteiger partial charge in [0.25, 0.3) is 5.91 Å². The van der Waals surface area contributed by atoms with Crippen molar-refractivity contribution in [3.8, 4) is 0 Å². The van der Waals surface area contributed by atoms with Crippen LogP contribution < -0.4 is 5.32 Å². The van der Waals surface area contributed by atoms with Crippen LogP contribution in [0.1, 0.15) is 17.3 Å². The maximum atomic E-state index is 11.9. The van der Waals surface area contributed by atoms with E-state index < -0.39 is 5.54 Å². The molecule has 0 saturated carbocycles. The van der Waals surface area contributed by atoms with Crippen LogP contribution in [0.25, 0.3) is 0 Å². The molecule has 1 amide bonds. The molecule has 85 valence electrons. The van der Waals surface area contributed by atoms with Crippen LogP contribution in [-0.4, -0.2) is 17.2 Å². The molecule has 1 aliphatic rings. The molecular formula is C14H12NO2. The Kier molecular flexibility index (Phi) is 2.91. The molecule has 3 nitrogen and oxygen atoms in total. The Morgan fingerprint density at radius 2 is 2.00 bits per heavy atom. The lowest BCUT2D eigenvalue weighted by molar-refractivity contribution is -0.118. The second-order valence-corrected chi connectivity index (χ2v) is 3.98. The first-order valence-electron chi connectivity index (χ1n) is 5.31. The van der Waals surface area contributed by atoms with E-state index >= 15 is 0 Å². The molecule has 1 N–H and O–H groups in total. The number of hydrogen-bond acceptors (Lipinski definition) is 2. The van der Waals surface area contributed by atoms with Gasteiger partial charge in [-0.15, -0.1) is 0 Å². The Balaban J connectivity index is 2.17. The minimum Gasteiger partial charge on any atom is -0.335 e. The van der Waals surface area contributed by atoms with E-state index in [0.717, 1.165) is 0 Å². The summed E-state index contributed by atoms with van der Waals surface area (Å²) in [4.78, 5) is 23.6. The molecule has 0 fully saturated rings. The van der Waals surface area contributed by atoms with E-state index in [1.165, 1.54) is 6.08 Å². The molecule has 1 unspecified atom stereocenters. The molecule has 0 aliphatic heterocycles. The first-order valence-corrected chi connectivity index (χ1v) is 5.31. The fourth-order valence-corrected chi connectivity index (χ4v) is 1.57. The SMILES string of the molecule is CC1(NC(=O)c2ccccc2)[C]=CC=CC1=O. The zero-order valence-electron chi connectivity index (χ0n) is 9.44. The lowest BCUT2D eigenvalue weighted by atomic mass is 9.91. The van der Waals surface area contributed by atoms with Gasteiger partial charge < -0.3 is 5.32 Å². The summed E-state index contributed by atoms with van der Waals surface area (Å²) in [6, 6.07) is 8.79. The van der Waals surface area contributed by atoms with Crippen molar-refractivity contribution < 1.29 is 9.59 Å². The predicted molar refractivity (Wildman–Crippen MR) is 64.3 cm³/mol. The van der Waals surface area contributed by atoms with Crippen LogP contribution in [0.4, 0.5) is 0 Å². The van der Waals surface area contributed by atoms with E-state index in [-0.39, 0.29) is 11.7 Å². The lowest BCUT2D eigenvalue weighted by Crippen LogP contribution is -2.51. The van der Waals surface area contributed by atoms with Crippen molar-refractivity contribution >= 4 is 11.7 Å². The van der Waals surface area contributed by atoms with E-state index in [2.05, 4.69) is 11.4 Å². The highest BCUT2D eigenvalue weighted by molar-refractivity contribution is 6.05. The molecular weight excluding hydrogens is 214 g/mol. The maximum Gasteiger partial charge on any atom is 0.252 e. The van der Waals surface area contributed by atoms with Crippen LogP contribution >= 0.6 is 0 Å². The van der Waals surface area contributed by atoms with Gasteiger partial charge in [0, 0.05) is 5.56 Å². The van der Waals surface area contributed by atoms with Gasteiger partial charge in [-0.2, -0.15) is 0 Å². The average molecular weight is 226 g/mol. The van der Waals surface area contributed by atoms with Crippen LogP contribution in [0, 0.1) is 6.08 Å². The standard InChI is InChI=1S/C14H12NO2/c1-14(10-6-5-9-12(14)16)15-13(17)11-7-3-2-4-8-11/h2-9H,1H3,(H,15,17). The van der Waals surface area contributed by atoms with Crippen LogP contribution in [0.15, 0.2) is 48.6 Å². The van der Waals surface area contributed by atoms with Crippen LogP contribution in [0.2, 0.25) is 0 Å². The third-order valence-electron chi connectivity index (χ3n) is 2.61. The van der Waals surface area contributed by atoms with Gasteiger partial charge in [0.15, 0.2) is 5.78 Å². The Bertz CT molecular complexity index is 502. The fraction of sp³-hybridized carbons (Fsp3) is 0.143. The number of allylic oxidation sites excluding steroid dienone is 2. The maximum absolute atomic E-state index is 11.9. The minimum absolute atomic E-state index is 0.177. The van der Waals surface area contributed by atoms with Gasteiger partial charge >= 0.3 is 0 Å². The molecule has 0 heterocycles. The number of hydrogen-bond donors (Lipinski definition) is 1. The number of amides is 1.